The Bertz CT molecular complexity index is 987. The minimum Gasteiger partial charge on any atom is -0.459 e. The van der Waals surface area contributed by atoms with Crippen LogP contribution >= 0.6 is 23.8 Å². The first-order valence-electron chi connectivity index (χ1n) is 10.2. The third-order valence-electron chi connectivity index (χ3n) is 5.32. The minimum atomic E-state index is 0.496. The number of hydrogen-bond donors (Lipinski definition) is 2. The number of aromatic nitrogens is 1. The minimum absolute atomic E-state index is 0.496. The third-order valence-corrected chi connectivity index (χ3v) is 5.81. The van der Waals surface area contributed by atoms with E-state index in [1.54, 1.807) is 0 Å². The highest BCUT2D eigenvalue weighted by Gasteiger charge is 2.19. The summed E-state index contributed by atoms with van der Waals surface area (Å²) in [6, 6.07) is 16.1. The van der Waals surface area contributed by atoms with Crippen LogP contribution < -0.4 is 15.5 Å². The molecule has 0 amide bonds. The summed E-state index contributed by atoms with van der Waals surface area (Å²) < 4.78 is 5.89. The summed E-state index contributed by atoms with van der Waals surface area (Å²) in [6.07, 6.45) is 5.58. The lowest BCUT2D eigenvalue weighted by atomic mass is 10.0. The Morgan fingerprint density at radius 1 is 1.17 bits per heavy atom. The van der Waals surface area contributed by atoms with Gasteiger partial charge in [-0.15, -0.1) is 0 Å². The summed E-state index contributed by atoms with van der Waals surface area (Å²) in [5.74, 6) is 2.63. The molecular formula is C23H25ClN4OS. The Balaban J connectivity index is 1.29. The monoisotopic (exact) mass is 440 g/mol. The number of halogens is 1. The molecule has 1 aliphatic rings. The zero-order chi connectivity index (χ0) is 20.9. The van der Waals surface area contributed by atoms with Crippen LogP contribution in [0, 0.1) is 0 Å². The number of rotatable bonds is 5. The van der Waals surface area contributed by atoms with E-state index >= 15 is 0 Å². The lowest BCUT2D eigenvalue weighted by Crippen LogP contribution is -2.37. The zero-order valence-electron chi connectivity index (χ0n) is 16.9. The molecule has 7 heteroatoms. The number of furan rings is 1. The normalized spacial score (nSPS) is 16.3. The van der Waals surface area contributed by atoms with E-state index in [1.807, 2.05) is 48.7 Å². The van der Waals surface area contributed by atoms with Gasteiger partial charge in [-0.25, -0.2) is 4.98 Å². The van der Waals surface area contributed by atoms with E-state index in [0.29, 0.717) is 22.7 Å². The smallest absolute Gasteiger partial charge is 0.171 e. The molecule has 0 bridgehead atoms. The van der Waals surface area contributed by atoms with E-state index in [-0.39, 0.29) is 0 Å². The average Bonchev–Trinajstić information content (AvgIpc) is 3.23. The molecule has 1 aliphatic heterocycles. The Morgan fingerprint density at radius 2 is 2.00 bits per heavy atom. The van der Waals surface area contributed by atoms with Crippen molar-refractivity contribution in [3.63, 3.8) is 0 Å². The fraction of sp³-hybridized carbons (Fsp3) is 0.304. The van der Waals surface area contributed by atoms with Crippen molar-refractivity contribution < 1.29 is 4.42 Å². The number of anilines is 2. The molecule has 3 heterocycles. The highest BCUT2D eigenvalue weighted by molar-refractivity contribution is 7.80. The molecule has 2 aromatic heterocycles. The summed E-state index contributed by atoms with van der Waals surface area (Å²) in [5, 5.41) is 7.59. The van der Waals surface area contributed by atoms with Gasteiger partial charge < -0.3 is 20.0 Å². The molecule has 1 unspecified atom stereocenters. The number of piperidine rings is 1. The molecule has 0 spiro atoms. The molecule has 156 valence electrons. The molecule has 1 saturated heterocycles. The fourth-order valence-electron chi connectivity index (χ4n) is 3.65. The Labute approximate surface area is 187 Å². The quantitative estimate of drug-likeness (QED) is 0.484. The van der Waals surface area contributed by atoms with Gasteiger partial charge in [0.05, 0.1) is 18.4 Å². The number of hydrogen-bond acceptors (Lipinski definition) is 4. The summed E-state index contributed by atoms with van der Waals surface area (Å²) in [7, 11) is 0. The van der Waals surface area contributed by atoms with Crippen molar-refractivity contribution in [1.29, 1.82) is 0 Å². The second kappa shape index (κ2) is 9.49. The van der Waals surface area contributed by atoms with E-state index in [9.17, 15) is 0 Å². The molecular weight excluding hydrogens is 416 g/mol. The Kier molecular flexibility index (Phi) is 6.55. The van der Waals surface area contributed by atoms with Gasteiger partial charge in [-0.2, -0.15) is 0 Å². The molecule has 4 rings (SSSR count). The van der Waals surface area contributed by atoms with Gasteiger partial charge in [-0.05, 0) is 86.9 Å². The summed E-state index contributed by atoms with van der Waals surface area (Å²) in [4.78, 5) is 6.99. The number of benzene rings is 1. The maximum absolute atomic E-state index is 5.94. The molecule has 3 aromatic rings. The van der Waals surface area contributed by atoms with Crippen molar-refractivity contribution in [3.05, 3.63) is 65.5 Å². The first-order valence-corrected chi connectivity index (χ1v) is 11.0. The fourth-order valence-corrected chi connectivity index (χ4v) is 3.97. The zero-order valence-corrected chi connectivity index (χ0v) is 18.5. The van der Waals surface area contributed by atoms with E-state index in [2.05, 4.69) is 33.5 Å². The molecule has 30 heavy (non-hydrogen) atoms. The third kappa shape index (κ3) is 5.12. The number of thiocarbonyl (C=S) groups is 1. The van der Waals surface area contributed by atoms with Crippen LogP contribution in [0.25, 0.3) is 11.3 Å². The van der Waals surface area contributed by atoms with Crippen LogP contribution in [0.5, 0.6) is 0 Å². The van der Waals surface area contributed by atoms with Gasteiger partial charge >= 0.3 is 0 Å². The van der Waals surface area contributed by atoms with Gasteiger partial charge in [0, 0.05) is 23.2 Å². The largest absolute Gasteiger partial charge is 0.459 e. The maximum Gasteiger partial charge on any atom is 0.171 e. The molecule has 2 N–H and O–H groups in total. The van der Waals surface area contributed by atoms with Gasteiger partial charge in [0.15, 0.2) is 5.11 Å². The Hall–Kier alpha value is -2.57. The molecule has 0 aliphatic carbocycles. The second-order valence-electron chi connectivity index (χ2n) is 7.52. The lowest BCUT2D eigenvalue weighted by molar-refractivity contribution is 0.481. The van der Waals surface area contributed by atoms with Gasteiger partial charge in [-0.3, -0.25) is 0 Å². The van der Waals surface area contributed by atoms with Crippen molar-refractivity contribution in [2.75, 3.05) is 16.8 Å². The standard InChI is InChI=1S/C23H25ClN4OS/c1-16-4-2-3-13-28(16)22-12-9-19(14-25-22)27-23(30)26-15-20-10-11-21(29-20)17-5-7-18(24)8-6-17/h5-12,14,16H,2-4,13,15H2,1H3,(H2,26,27,30). The predicted octanol–water partition coefficient (Wildman–Crippen LogP) is 5.86. The van der Waals surface area contributed by atoms with Crippen LogP contribution in [0.2, 0.25) is 5.02 Å². The van der Waals surface area contributed by atoms with E-state index in [0.717, 1.165) is 35.1 Å². The molecule has 1 aromatic carbocycles. The summed E-state index contributed by atoms with van der Waals surface area (Å²) in [5.41, 5.74) is 1.85. The van der Waals surface area contributed by atoms with E-state index in [4.69, 9.17) is 28.2 Å². The second-order valence-corrected chi connectivity index (χ2v) is 8.37. The predicted molar refractivity (Wildman–Crippen MR) is 127 cm³/mol. The van der Waals surface area contributed by atoms with Crippen molar-refractivity contribution in [2.45, 2.75) is 38.8 Å². The number of pyridine rings is 1. The van der Waals surface area contributed by atoms with Crippen molar-refractivity contribution >= 4 is 40.4 Å². The van der Waals surface area contributed by atoms with Crippen molar-refractivity contribution in [2.24, 2.45) is 0 Å². The van der Waals surface area contributed by atoms with Gasteiger partial charge in [0.25, 0.3) is 0 Å². The highest BCUT2D eigenvalue weighted by atomic mass is 35.5. The lowest BCUT2D eigenvalue weighted by Gasteiger charge is -2.34. The number of nitrogens with zero attached hydrogens (tertiary/aromatic N) is 2. The van der Waals surface area contributed by atoms with Crippen LogP contribution in [0.1, 0.15) is 31.9 Å². The van der Waals surface area contributed by atoms with E-state index in [1.165, 1.54) is 19.3 Å². The summed E-state index contributed by atoms with van der Waals surface area (Å²) >= 11 is 11.4. The van der Waals surface area contributed by atoms with Crippen LogP contribution in [0.3, 0.4) is 0 Å². The SMILES string of the molecule is CC1CCCCN1c1ccc(NC(=S)NCc2ccc(-c3ccc(Cl)cc3)o2)cn1. The molecule has 0 radical (unpaired) electrons. The first-order chi connectivity index (χ1) is 14.6. The van der Waals surface area contributed by atoms with Crippen LogP contribution in [-0.2, 0) is 6.54 Å². The van der Waals surface area contributed by atoms with Crippen LogP contribution in [0.4, 0.5) is 11.5 Å². The molecule has 1 fully saturated rings. The summed E-state index contributed by atoms with van der Waals surface area (Å²) in [6.45, 7) is 3.83. The van der Waals surface area contributed by atoms with E-state index < -0.39 is 0 Å². The topological polar surface area (TPSA) is 53.3 Å². The van der Waals surface area contributed by atoms with Crippen molar-refractivity contribution in [3.8, 4) is 11.3 Å². The maximum atomic E-state index is 5.94. The van der Waals surface area contributed by atoms with Gasteiger partial charge in [0.1, 0.15) is 17.3 Å². The molecule has 0 saturated carbocycles. The van der Waals surface area contributed by atoms with Crippen molar-refractivity contribution in [1.82, 2.24) is 10.3 Å². The van der Waals surface area contributed by atoms with Crippen LogP contribution in [-0.4, -0.2) is 22.7 Å². The molecule has 5 nitrogen and oxygen atoms in total. The highest BCUT2D eigenvalue weighted by Crippen LogP contribution is 2.25. The van der Waals surface area contributed by atoms with Gasteiger partial charge in [0.2, 0.25) is 0 Å². The van der Waals surface area contributed by atoms with Gasteiger partial charge in [-0.1, -0.05) is 11.6 Å². The Morgan fingerprint density at radius 3 is 2.73 bits per heavy atom. The number of nitrogens with one attached hydrogen (secondary N) is 2. The van der Waals surface area contributed by atoms with Crippen LogP contribution in [0.15, 0.2) is 59.1 Å². The molecule has 1 atom stereocenters. The first kappa shape index (κ1) is 20.7. The average molecular weight is 441 g/mol.